The first kappa shape index (κ1) is 18.8. The van der Waals surface area contributed by atoms with Gasteiger partial charge in [-0.3, -0.25) is 4.79 Å². The van der Waals surface area contributed by atoms with Gasteiger partial charge >= 0.3 is 6.18 Å². The normalized spacial score (nSPS) is 26.9. The van der Waals surface area contributed by atoms with Crippen LogP contribution < -0.4 is 10.1 Å². The summed E-state index contributed by atoms with van der Waals surface area (Å²) in [5.74, 6) is 0.557. The third kappa shape index (κ3) is 3.04. The molecule has 0 aliphatic heterocycles. The van der Waals surface area contributed by atoms with Crippen molar-refractivity contribution in [2.24, 2.45) is 5.41 Å². The lowest BCUT2D eigenvalue weighted by atomic mass is 9.57. The molecular formula is C20H21F3N2O3. The van der Waals surface area contributed by atoms with E-state index in [0.29, 0.717) is 36.3 Å². The number of aromatic nitrogens is 1. The summed E-state index contributed by atoms with van der Waals surface area (Å²) in [6, 6.07) is 8.72. The third-order valence-corrected chi connectivity index (χ3v) is 6.34. The van der Waals surface area contributed by atoms with E-state index < -0.39 is 23.0 Å². The second-order valence-corrected chi connectivity index (χ2v) is 7.79. The Balaban J connectivity index is 1.48. The number of rotatable bonds is 4. The van der Waals surface area contributed by atoms with E-state index in [1.54, 1.807) is 12.1 Å². The minimum absolute atomic E-state index is 0.0576. The average molecular weight is 394 g/mol. The number of methoxy groups -OCH3 is 1. The van der Waals surface area contributed by atoms with Crippen LogP contribution in [0.15, 0.2) is 34.9 Å². The van der Waals surface area contributed by atoms with E-state index >= 15 is 0 Å². The van der Waals surface area contributed by atoms with Crippen molar-refractivity contribution in [2.45, 2.75) is 50.2 Å². The maximum absolute atomic E-state index is 13.4. The second-order valence-electron chi connectivity index (χ2n) is 7.79. The number of nitrogens with zero attached hydrogens (tertiary/aromatic N) is 1. The quantitative estimate of drug-likeness (QED) is 0.814. The number of halogens is 3. The molecule has 1 aromatic carbocycles. The molecule has 8 heteroatoms. The molecule has 0 spiro atoms. The number of carbonyl (C=O) groups is 1. The minimum atomic E-state index is -4.18. The predicted molar refractivity (Wildman–Crippen MR) is 94.9 cm³/mol. The van der Waals surface area contributed by atoms with Crippen molar-refractivity contribution in [1.82, 2.24) is 10.5 Å². The van der Waals surface area contributed by atoms with E-state index in [1.165, 1.54) is 13.2 Å². The molecular weight excluding hydrogens is 373 g/mol. The van der Waals surface area contributed by atoms with E-state index in [-0.39, 0.29) is 25.0 Å². The largest absolute Gasteiger partial charge is 0.496 e. The zero-order valence-electron chi connectivity index (χ0n) is 15.4. The number of alkyl halides is 3. The molecule has 5 nitrogen and oxygen atoms in total. The van der Waals surface area contributed by atoms with E-state index in [9.17, 15) is 18.0 Å². The summed E-state index contributed by atoms with van der Waals surface area (Å²) in [4.78, 5) is 12.7. The van der Waals surface area contributed by atoms with E-state index in [0.717, 1.165) is 0 Å². The van der Waals surface area contributed by atoms with Gasteiger partial charge in [0, 0.05) is 11.6 Å². The highest BCUT2D eigenvalue weighted by Crippen LogP contribution is 2.59. The fourth-order valence-electron chi connectivity index (χ4n) is 4.46. The van der Waals surface area contributed by atoms with Crippen LogP contribution in [0.3, 0.4) is 0 Å². The number of carbonyl (C=O) groups excluding carboxylic acids is 1. The van der Waals surface area contributed by atoms with Crippen LogP contribution in [0, 0.1) is 5.41 Å². The number of benzene rings is 1. The van der Waals surface area contributed by atoms with Crippen molar-refractivity contribution in [2.75, 3.05) is 7.11 Å². The van der Waals surface area contributed by atoms with Crippen molar-refractivity contribution < 1.29 is 27.2 Å². The Bertz CT molecular complexity index is 866. The smallest absolute Gasteiger partial charge is 0.394 e. The zero-order chi connectivity index (χ0) is 20.0. The molecule has 5 rings (SSSR count). The topological polar surface area (TPSA) is 64.4 Å². The van der Waals surface area contributed by atoms with Gasteiger partial charge in [-0.1, -0.05) is 17.3 Å². The predicted octanol–water partition coefficient (Wildman–Crippen LogP) is 4.74. The molecule has 3 fully saturated rings. The highest BCUT2D eigenvalue weighted by molar-refractivity contribution is 5.93. The van der Waals surface area contributed by atoms with E-state index in [1.807, 2.05) is 12.1 Å². The number of fused-ring (bicyclic) bond motifs is 3. The Labute approximate surface area is 160 Å². The van der Waals surface area contributed by atoms with Crippen LogP contribution in [-0.2, 0) is 0 Å². The molecule has 0 atom stereocenters. The van der Waals surface area contributed by atoms with Crippen LogP contribution in [0.2, 0.25) is 0 Å². The van der Waals surface area contributed by atoms with Gasteiger partial charge in [0.05, 0.1) is 18.1 Å². The number of amides is 1. The molecule has 28 heavy (non-hydrogen) atoms. The summed E-state index contributed by atoms with van der Waals surface area (Å²) in [5, 5.41) is 6.78. The minimum Gasteiger partial charge on any atom is -0.496 e. The fourth-order valence-corrected chi connectivity index (χ4v) is 4.46. The summed E-state index contributed by atoms with van der Waals surface area (Å²) >= 11 is 0. The molecule has 1 N–H and O–H groups in total. The maximum Gasteiger partial charge on any atom is 0.394 e. The van der Waals surface area contributed by atoms with Crippen molar-refractivity contribution in [3.63, 3.8) is 0 Å². The average Bonchev–Trinajstić information content (AvgIpc) is 3.18. The van der Waals surface area contributed by atoms with Gasteiger partial charge in [0.15, 0.2) is 11.5 Å². The number of ether oxygens (including phenoxy) is 1. The van der Waals surface area contributed by atoms with Gasteiger partial charge in [-0.15, -0.1) is 0 Å². The number of nitrogens with one attached hydrogen (secondary N) is 1. The van der Waals surface area contributed by atoms with Crippen molar-refractivity contribution in [1.29, 1.82) is 0 Å². The molecule has 3 saturated carbocycles. The maximum atomic E-state index is 13.4. The molecule has 0 unspecified atom stereocenters. The van der Waals surface area contributed by atoms with Crippen molar-refractivity contribution >= 4 is 5.91 Å². The monoisotopic (exact) mass is 394 g/mol. The van der Waals surface area contributed by atoms with Gasteiger partial charge < -0.3 is 14.6 Å². The Hall–Kier alpha value is -2.51. The SMILES string of the molecule is COc1ccccc1-c1cc(C(=O)NC23CCC(C(F)(F)F)(CC2)CC3)no1. The van der Waals surface area contributed by atoms with Crippen molar-refractivity contribution in [3.05, 3.63) is 36.0 Å². The summed E-state index contributed by atoms with van der Waals surface area (Å²) in [5.41, 5.74) is -1.40. The molecule has 1 amide bonds. The standard InChI is InChI=1S/C20H21F3N2O3/c1-27-15-5-3-2-4-13(15)16-12-14(25-28-16)17(26)24-19-9-6-18(7-10-19,8-11-19)20(21,22)23/h2-5,12H,6-11H2,1H3,(H,24,26). The lowest BCUT2D eigenvalue weighted by Crippen LogP contribution is -2.59. The van der Waals surface area contributed by atoms with E-state index in [2.05, 4.69) is 10.5 Å². The lowest BCUT2D eigenvalue weighted by Gasteiger charge is -2.53. The highest BCUT2D eigenvalue weighted by Gasteiger charge is 2.61. The summed E-state index contributed by atoms with van der Waals surface area (Å²) in [6.45, 7) is 0. The molecule has 2 bridgehead atoms. The van der Waals surface area contributed by atoms with Crippen LogP contribution in [0.5, 0.6) is 5.75 Å². The van der Waals surface area contributed by atoms with Gasteiger partial charge in [0.25, 0.3) is 5.91 Å². The molecule has 3 aliphatic rings. The fraction of sp³-hybridized carbons (Fsp3) is 0.500. The zero-order valence-corrected chi connectivity index (χ0v) is 15.4. The van der Waals surface area contributed by atoms with Gasteiger partial charge in [0.1, 0.15) is 5.75 Å². The third-order valence-electron chi connectivity index (χ3n) is 6.34. The first-order valence-corrected chi connectivity index (χ1v) is 9.27. The summed E-state index contributed by atoms with van der Waals surface area (Å²) < 4.78 is 50.7. The summed E-state index contributed by atoms with van der Waals surface area (Å²) in [7, 11) is 1.54. The van der Waals surface area contributed by atoms with Gasteiger partial charge in [-0.2, -0.15) is 13.2 Å². The second kappa shape index (κ2) is 6.53. The Morgan fingerprint density at radius 1 is 1.14 bits per heavy atom. The van der Waals surface area contributed by atoms with Crippen LogP contribution in [0.4, 0.5) is 13.2 Å². The van der Waals surface area contributed by atoms with Crippen LogP contribution >= 0.6 is 0 Å². The summed E-state index contributed by atoms with van der Waals surface area (Å²) in [6.07, 6.45) is -3.02. The van der Waals surface area contributed by atoms with Crippen LogP contribution in [0.25, 0.3) is 11.3 Å². The van der Waals surface area contributed by atoms with Gasteiger partial charge in [0.2, 0.25) is 0 Å². The number of para-hydroxylation sites is 1. The van der Waals surface area contributed by atoms with Crippen LogP contribution in [0.1, 0.15) is 49.0 Å². The van der Waals surface area contributed by atoms with Crippen LogP contribution in [-0.4, -0.2) is 29.9 Å². The Kier molecular flexibility index (Phi) is 4.39. The molecule has 0 saturated heterocycles. The number of hydrogen-bond acceptors (Lipinski definition) is 4. The van der Waals surface area contributed by atoms with Gasteiger partial charge in [-0.25, -0.2) is 0 Å². The molecule has 0 radical (unpaired) electrons. The highest BCUT2D eigenvalue weighted by atomic mass is 19.4. The lowest BCUT2D eigenvalue weighted by molar-refractivity contribution is -0.253. The molecule has 1 heterocycles. The molecule has 3 aliphatic carbocycles. The molecule has 150 valence electrons. The Morgan fingerprint density at radius 3 is 2.39 bits per heavy atom. The van der Waals surface area contributed by atoms with E-state index in [4.69, 9.17) is 9.26 Å². The first-order chi connectivity index (χ1) is 13.3. The molecule has 1 aromatic heterocycles. The first-order valence-electron chi connectivity index (χ1n) is 9.27. The molecule has 2 aromatic rings. The number of hydrogen-bond donors (Lipinski definition) is 1. The van der Waals surface area contributed by atoms with Crippen molar-refractivity contribution in [3.8, 4) is 17.1 Å². The van der Waals surface area contributed by atoms with Gasteiger partial charge in [-0.05, 0) is 50.7 Å². The Morgan fingerprint density at radius 2 is 1.79 bits per heavy atom.